The first-order chi connectivity index (χ1) is 6.45. The third-order valence-corrected chi connectivity index (χ3v) is 2.53. The molecule has 0 aromatic carbocycles. The third kappa shape index (κ3) is 2.21. The summed E-state index contributed by atoms with van der Waals surface area (Å²) < 4.78 is 25.0. The lowest BCUT2D eigenvalue weighted by molar-refractivity contribution is 0.106. The average molecular weight is 305 g/mol. The van der Waals surface area contributed by atoms with Crippen molar-refractivity contribution in [2.24, 2.45) is 0 Å². The summed E-state index contributed by atoms with van der Waals surface area (Å²) in [6.45, 7) is 0. The standard InChI is InChI=1S/C7H2BrCl2F2NO/c8-2-1-13-5(9)4(7(11)12)3(2)6(10)14/h1,7H. The number of hydrogen-bond acceptors (Lipinski definition) is 2. The molecule has 1 heterocycles. The van der Waals surface area contributed by atoms with Gasteiger partial charge in [-0.15, -0.1) is 0 Å². The zero-order valence-corrected chi connectivity index (χ0v) is 9.50. The predicted octanol–water partition coefficient (Wildman–Crippen LogP) is 3.81. The Balaban J connectivity index is 3.50. The second-order valence-electron chi connectivity index (χ2n) is 2.26. The van der Waals surface area contributed by atoms with Gasteiger partial charge >= 0.3 is 0 Å². The molecule has 0 saturated carbocycles. The molecule has 0 bridgehead atoms. The second-order valence-corrected chi connectivity index (χ2v) is 3.82. The monoisotopic (exact) mass is 303 g/mol. The van der Waals surface area contributed by atoms with Crippen LogP contribution < -0.4 is 0 Å². The van der Waals surface area contributed by atoms with E-state index >= 15 is 0 Å². The van der Waals surface area contributed by atoms with Crippen LogP contribution in [0.1, 0.15) is 22.3 Å². The van der Waals surface area contributed by atoms with Gasteiger partial charge in [0.05, 0.1) is 11.1 Å². The van der Waals surface area contributed by atoms with Crippen LogP contribution in [0, 0.1) is 0 Å². The number of hydrogen-bond donors (Lipinski definition) is 0. The number of rotatable bonds is 2. The highest BCUT2D eigenvalue weighted by Gasteiger charge is 2.24. The number of carbonyl (C=O) groups excluding carboxylic acids is 1. The van der Waals surface area contributed by atoms with Crippen LogP contribution in [-0.4, -0.2) is 10.2 Å². The van der Waals surface area contributed by atoms with Crippen LogP contribution in [-0.2, 0) is 0 Å². The maximum atomic E-state index is 12.5. The van der Waals surface area contributed by atoms with E-state index in [1.54, 1.807) is 0 Å². The molecular weight excluding hydrogens is 303 g/mol. The molecule has 0 aliphatic carbocycles. The van der Waals surface area contributed by atoms with Crippen molar-refractivity contribution in [3.63, 3.8) is 0 Å². The summed E-state index contributed by atoms with van der Waals surface area (Å²) in [5, 5.41) is -1.43. The van der Waals surface area contributed by atoms with Gasteiger partial charge in [-0.2, -0.15) is 0 Å². The zero-order valence-electron chi connectivity index (χ0n) is 6.40. The molecule has 0 saturated heterocycles. The van der Waals surface area contributed by atoms with Gasteiger partial charge in [0.15, 0.2) is 0 Å². The minimum absolute atomic E-state index is 0.0946. The normalized spacial score (nSPS) is 10.7. The van der Waals surface area contributed by atoms with Gasteiger partial charge in [0, 0.05) is 10.7 Å². The van der Waals surface area contributed by atoms with Crippen LogP contribution in [0.5, 0.6) is 0 Å². The summed E-state index contributed by atoms with van der Waals surface area (Å²) >= 11 is 13.4. The fourth-order valence-corrected chi connectivity index (χ4v) is 1.92. The predicted molar refractivity (Wildman–Crippen MR) is 52.1 cm³/mol. The van der Waals surface area contributed by atoms with Crippen molar-refractivity contribution < 1.29 is 13.6 Å². The summed E-state index contributed by atoms with van der Waals surface area (Å²) in [4.78, 5) is 14.3. The number of alkyl halides is 2. The van der Waals surface area contributed by atoms with Gasteiger partial charge in [0.1, 0.15) is 5.15 Å². The van der Waals surface area contributed by atoms with Crippen molar-refractivity contribution in [2.75, 3.05) is 0 Å². The van der Waals surface area contributed by atoms with Crippen LogP contribution in [0.3, 0.4) is 0 Å². The van der Waals surface area contributed by atoms with Crippen molar-refractivity contribution in [2.45, 2.75) is 6.43 Å². The lowest BCUT2D eigenvalue weighted by Crippen LogP contribution is -2.02. The summed E-state index contributed by atoms with van der Waals surface area (Å²) in [5.41, 5.74) is -0.997. The molecule has 1 aromatic heterocycles. The summed E-state index contributed by atoms with van der Waals surface area (Å²) in [6, 6.07) is 0. The minimum Gasteiger partial charge on any atom is -0.276 e. The molecule has 0 unspecified atom stereocenters. The van der Waals surface area contributed by atoms with E-state index in [-0.39, 0.29) is 10.0 Å². The van der Waals surface area contributed by atoms with Crippen molar-refractivity contribution in [3.05, 3.63) is 26.9 Å². The molecule has 7 heteroatoms. The van der Waals surface area contributed by atoms with Crippen molar-refractivity contribution >= 4 is 44.4 Å². The molecule has 0 atom stereocenters. The van der Waals surface area contributed by atoms with E-state index < -0.39 is 22.4 Å². The van der Waals surface area contributed by atoms with Gasteiger partial charge in [0.25, 0.3) is 11.7 Å². The van der Waals surface area contributed by atoms with Gasteiger partial charge in [-0.3, -0.25) is 4.79 Å². The Bertz CT molecular complexity index is 386. The number of halogens is 5. The van der Waals surface area contributed by atoms with E-state index in [9.17, 15) is 13.6 Å². The molecule has 0 N–H and O–H groups in total. The van der Waals surface area contributed by atoms with Crippen molar-refractivity contribution in [1.82, 2.24) is 4.98 Å². The fourth-order valence-electron chi connectivity index (χ4n) is 0.878. The van der Waals surface area contributed by atoms with Crippen LogP contribution in [0.4, 0.5) is 8.78 Å². The topological polar surface area (TPSA) is 30.0 Å². The molecule has 0 aliphatic rings. The average Bonchev–Trinajstić information content (AvgIpc) is 2.07. The van der Waals surface area contributed by atoms with E-state index in [2.05, 4.69) is 20.9 Å². The highest BCUT2D eigenvalue weighted by molar-refractivity contribution is 9.10. The first-order valence-electron chi connectivity index (χ1n) is 3.27. The molecular formula is C7H2BrCl2F2NO. The van der Waals surface area contributed by atoms with Gasteiger partial charge in [-0.1, -0.05) is 11.6 Å². The largest absolute Gasteiger partial charge is 0.276 e. The quantitative estimate of drug-likeness (QED) is 0.614. The van der Waals surface area contributed by atoms with E-state index in [0.29, 0.717) is 0 Å². The SMILES string of the molecule is O=C(Cl)c1c(Br)cnc(Cl)c1C(F)F. The van der Waals surface area contributed by atoms with Crippen LogP contribution in [0.15, 0.2) is 10.7 Å². The molecule has 0 amide bonds. The molecule has 0 radical (unpaired) electrons. The lowest BCUT2D eigenvalue weighted by atomic mass is 10.1. The molecule has 14 heavy (non-hydrogen) atoms. The van der Waals surface area contributed by atoms with Gasteiger partial charge < -0.3 is 0 Å². The molecule has 0 spiro atoms. The highest BCUT2D eigenvalue weighted by Crippen LogP contribution is 2.33. The molecule has 2 nitrogen and oxygen atoms in total. The zero-order chi connectivity index (χ0) is 10.9. The Morgan fingerprint density at radius 1 is 1.57 bits per heavy atom. The Labute approximate surface area is 96.3 Å². The Kier molecular flexibility index (Phi) is 3.80. The van der Waals surface area contributed by atoms with Crippen LogP contribution in [0.2, 0.25) is 5.15 Å². The number of carbonyl (C=O) groups is 1. The van der Waals surface area contributed by atoms with E-state index in [0.717, 1.165) is 6.20 Å². The molecule has 0 aliphatic heterocycles. The van der Waals surface area contributed by atoms with Crippen LogP contribution >= 0.6 is 39.1 Å². The molecule has 76 valence electrons. The maximum absolute atomic E-state index is 12.5. The Hall–Kier alpha value is -0.260. The smallest absolute Gasteiger partial charge is 0.267 e. The van der Waals surface area contributed by atoms with Gasteiger partial charge in [0.2, 0.25) is 0 Å². The molecule has 1 aromatic rings. The molecule has 0 fully saturated rings. The van der Waals surface area contributed by atoms with Crippen molar-refractivity contribution in [1.29, 1.82) is 0 Å². The van der Waals surface area contributed by atoms with Gasteiger partial charge in [-0.25, -0.2) is 13.8 Å². The number of nitrogens with zero attached hydrogens (tertiary/aromatic N) is 1. The first-order valence-corrected chi connectivity index (χ1v) is 4.82. The number of aromatic nitrogens is 1. The minimum atomic E-state index is -2.90. The Morgan fingerprint density at radius 3 is 2.50 bits per heavy atom. The van der Waals surface area contributed by atoms with E-state index in [1.807, 2.05) is 0 Å². The fraction of sp³-hybridized carbons (Fsp3) is 0.143. The summed E-state index contributed by atoms with van der Waals surface area (Å²) in [6.07, 6.45) is -1.76. The maximum Gasteiger partial charge on any atom is 0.267 e. The summed E-state index contributed by atoms with van der Waals surface area (Å²) in [5.74, 6) is 0. The van der Waals surface area contributed by atoms with Gasteiger partial charge in [-0.05, 0) is 27.5 Å². The first kappa shape index (κ1) is 11.8. The highest BCUT2D eigenvalue weighted by atomic mass is 79.9. The second kappa shape index (κ2) is 4.51. The van der Waals surface area contributed by atoms with Crippen LogP contribution in [0.25, 0.3) is 0 Å². The van der Waals surface area contributed by atoms with E-state index in [4.69, 9.17) is 23.2 Å². The molecule has 1 rings (SSSR count). The van der Waals surface area contributed by atoms with Crippen molar-refractivity contribution in [3.8, 4) is 0 Å². The summed E-state index contributed by atoms with van der Waals surface area (Å²) in [7, 11) is 0. The lowest BCUT2D eigenvalue weighted by Gasteiger charge is -2.07. The van der Waals surface area contributed by atoms with E-state index in [1.165, 1.54) is 0 Å². The Morgan fingerprint density at radius 2 is 2.14 bits per heavy atom. The number of pyridine rings is 1. The third-order valence-electron chi connectivity index (χ3n) is 1.44.